The number of anilines is 1. The van der Waals surface area contributed by atoms with Gasteiger partial charge in [-0.05, 0) is 55.7 Å². The fourth-order valence-electron chi connectivity index (χ4n) is 4.45. The van der Waals surface area contributed by atoms with Gasteiger partial charge in [0.05, 0.1) is 17.6 Å². The first-order valence-electron chi connectivity index (χ1n) is 11.3. The maximum atomic E-state index is 13.4. The normalized spacial score (nSPS) is 18.3. The van der Waals surface area contributed by atoms with Crippen LogP contribution in [0, 0.1) is 0 Å². The van der Waals surface area contributed by atoms with Crippen molar-refractivity contribution in [3.8, 4) is 5.75 Å². The third-order valence-corrected chi connectivity index (χ3v) is 8.23. The number of carbonyl (C=O) groups is 1. The minimum absolute atomic E-state index is 0.128. The quantitative estimate of drug-likeness (QED) is 0.690. The molecule has 0 radical (unpaired) electrons. The van der Waals surface area contributed by atoms with Gasteiger partial charge in [-0.3, -0.25) is 4.79 Å². The summed E-state index contributed by atoms with van der Waals surface area (Å²) < 4.78 is 33.3. The van der Waals surface area contributed by atoms with Gasteiger partial charge in [0.25, 0.3) is 5.91 Å². The molecule has 0 atom stereocenters. The summed E-state index contributed by atoms with van der Waals surface area (Å²) in [5.74, 6) is 0.602. The first-order chi connectivity index (χ1) is 15.5. The van der Waals surface area contributed by atoms with Crippen LogP contribution in [0.15, 0.2) is 53.4 Å². The van der Waals surface area contributed by atoms with E-state index in [0.717, 1.165) is 43.7 Å². The van der Waals surface area contributed by atoms with E-state index in [-0.39, 0.29) is 16.4 Å². The molecule has 0 bridgehead atoms. The second kappa shape index (κ2) is 9.92. The molecule has 2 aliphatic heterocycles. The predicted molar refractivity (Wildman–Crippen MR) is 125 cm³/mol. The molecular formula is C24H31N3O4S. The molecule has 7 nitrogen and oxygen atoms in total. The number of rotatable bonds is 5. The number of sulfonamides is 1. The highest BCUT2D eigenvalue weighted by molar-refractivity contribution is 7.89. The number of carbonyl (C=O) groups excluding carboxylic acids is 1. The summed E-state index contributed by atoms with van der Waals surface area (Å²) in [6, 6.07) is 14.6. The Kier molecular flexibility index (Phi) is 7.01. The third kappa shape index (κ3) is 4.76. The van der Waals surface area contributed by atoms with Crippen LogP contribution in [-0.4, -0.2) is 69.9 Å². The molecule has 172 valence electrons. The number of nitrogens with zero attached hydrogens (tertiary/aromatic N) is 3. The molecule has 0 spiro atoms. The summed E-state index contributed by atoms with van der Waals surface area (Å²) in [6.07, 6.45) is 3.59. The van der Waals surface area contributed by atoms with E-state index in [1.807, 2.05) is 24.3 Å². The lowest BCUT2D eigenvalue weighted by Crippen LogP contribution is -2.39. The Morgan fingerprint density at radius 2 is 1.53 bits per heavy atom. The van der Waals surface area contributed by atoms with Gasteiger partial charge in [0.15, 0.2) is 0 Å². The summed E-state index contributed by atoms with van der Waals surface area (Å²) >= 11 is 0. The molecule has 1 amide bonds. The maximum absolute atomic E-state index is 13.4. The molecule has 0 unspecified atom stereocenters. The Morgan fingerprint density at radius 1 is 0.812 bits per heavy atom. The third-order valence-electron chi connectivity index (χ3n) is 6.27. The van der Waals surface area contributed by atoms with Gasteiger partial charge in [-0.1, -0.05) is 18.6 Å². The number of ether oxygens (including phenoxy) is 1. The number of benzene rings is 2. The molecule has 2 heterocycles. The van der Waals surface area contributed by atoms with E-state index in [1.165, 1.54) is 4.31 Å². The molecule has 0 saturated carbocycles. The average molecular weight is 458 g/mol. The number of amides is 1. The lowest BCUT2D eigenvalue weighted by molar-refractivity contribution is 0.0763. The first-order valence-corrected chi connectivity index (χ1v) is 12.7. The minimum Gasteiger partial charge on any atom is -0.497 e. The van der Waals surface area contributed by atoms with Crippen molar-refractivity contribution >= 4 is 21.6 Å². The fraction of sp³-hybridized carbons (Fsp3) is 0.458. The van der Waals surface area contributed by atoms with Crippen molar-refractivity contribution in [1.29, 1.82) is 0 Å². The summed E-state index contributed by atoms with van der Waals surface area (Å²) in [5, 5.41) is 0. The zero-order chi connectivity index (χ0) is 22.6. The summed E-state index contributed by atoms with van der Waals surface area (Å²) in [6.45, 7) is 3.71. The second-order valence-corrected chi connectivity index (χ2v) is 10.2. The monoisotopic (exact) mass is 457 g/mol. The Bertz CT molecular complexity index is 1030. The molecule has 8 heteroatoms. The van der Waals surface area contributed by atoms with Crippen molar-refractivity contribution in [2.45, 2.75) is 30.6 Å². The van der Waals surface area contributed by atoms with Crippen LogP contribution < -0.4 is 9.64 Å². The lowest BCUT2D eigenvalue weighted by Gasteiger charge is -2.28. The van der Waals surface area contributed by atoms with Crippen LogP contribution in [0.25, 0.3) is 0 Å². The van der Waals surface area contributed by atoms with Crippen LogP contribution in [0.1, 0.15) is 36.0 Å². The number of piperidine rings is 1. The topological polar surface area (TPSA) is 70.2 Å². The summed E-state index contributed by atoms with van der Waals surface area (Å²) in [4.78, 5) is 17.6. The smallest absolute Gasteiger partial charge is 0.255 e. The molecule has 2 aromatic carbocycles. The Balaban J connectivity index is 1.51. The van der Waals surface area contributed by atoms with Crippen LogP contribution in [0.4, 0.5) is 5.69 Å². The van der Waals surface area contributed by atoms with Gasteiger partial charge in [-0.2, -0.15) is 4.31 Å². The Hall–Kier alpha value is -2.58. The van der Waals surface area contributed by atoms with Crippen LogP contribution in [0.5, 0.6) is 5.75 Å². The number of hydrogen-bond acceptors (Lipinski definition) is 5. The lowest BCUT2D eigenvalue weighted by atomic mass is 10.2. The standard InChI is InChI=1S/C24H31N3O4S/c1-31-21-12-10-20(11-13-21)25-14-7-15-26(19-18-25)24(28)22-8-3-4-9-23(22)32(29,30)27-16-5-2-6-17-27/h3-4,8-13H,2,5-7,14-19H2,1H3. The predicted octanol–water partition coefficient (Wildman–Crippen LogP) is 3.22. The highest BCUT2D eigenvalue weighted by Gasteiger charge is 2.31. The largest absolute Gasteiger partial charge is 0.497 e. The zero-order valence-corrected chi connectivity index (χ0v) is 19.4. The molecule has 2 aromatic rings. The van der Waals surface area contributed by atoms with Gasteiger partial charge in [0.2, 0.25) is 10.0 Å². The molecule has 2 saturated heterocycles. The van der Waals surface area contributed by atoms with Crippen LogP contribution in [0.2, 0.25) is 0 Å². The van der Waals surface area contributed by atoms with Gasteiger partial charge in [-0.15, -0.1) is 0 Å². The van der Waals surface area contributed by atoms with Gasteiger partial charge < -0.3 is 14.5 Å². The van der Waals surface area contributed by atoms with Crippen molar-refractivity contribution < 1.29 is 17.9 Å². The molecule has 4 rings (SSSR count). The molecule has 2 aliphatic rings. The van der Waals surface area contributed by atoms with Crippen LogP contribution >= 0.6 is 0 Å². The highest BCUT2D eigenvalue weighted by atomic mass is 32.2. The zero-order valence-electron chi connectivity index (χ0n) is 18.6. The van der Waals surface area contributed by atoms with E-state index in [0.29, 0.717) is 32.7 Å². The average Bonchev–Trinajstić information content (AvgIpc) is 3.10. The summed E-state index contributed by atoms with van der Waals surface area (Å²) in [7, 11) is -2.04. The Morgan fingerprint density at radius 3 is 2.25 bits per heavy atom. The first kappa shape index (κ1) is 22.6. The molecular weight excluding hydrogens is 426 g/mol. The maximum Gasteiger partial charge on any atom is 0.255 e. The van der Waals surface area contributed by atoms with E-state index >= 15 is 0 Å². The molecule has 2 fully saturated rings. The van der Waals surface area contributed by atoms with Gasteiger partial charge in [0, 0.05) is 45.0 Å². The van der Waals surface area contributed by atoms with E-state index in [9.17, 15) is 13.2 Å². The van der Waals surface area contributed by atoms with Crippen molar-refractivity contribution in [2.75, 3.05) is 51.3 Å². The highest BCUT2D eigenvalue weighted by Crippen LogP contribution is 2.26. The summed E-state index contributed by atoms with van der Waals surface area (Å²) in [5.41, 5.74) is 1.36. The van der Waals surface area contributed by atoms with E-state index in [2.05, 4.69) is 4.90 Å². The van der Waals surface area contributed by atoms with Crippen LogP contribution in [-0.2, 0) is 10.0 Å². The van der Waals surface area contributed by atoms with Gasteiger partial charge in [0.1, 0.15) is 5.75 Å². The van der Waals surface area contributed by atoms with Crippen molar-refractivity contribution in [2.24, 2.45) is 0 Å². The fourth-order valence-corrected chi connectivity index (χ4v) is 6.16. The second-order valence-electron chi connectivity index (χ2n) is 8.29. The Labute approximate surface area is 190 Å². The van der Waals surface area contributed by atoms with Crippen LogP contribution in [0.3, 0.4) is 0 Å². The molecule has 0 N–H and O–H groups in total. The number of methoxy groups -OCH3 is 1. The van der Waals surface area contributed by atoms with Crippen molar-refractivity contribution in [1.82, 2.24) is 9.21 Å². The van der Waals surface area contributed by atoms with E-state index in [1.54, 1.807) is 36.3 Å². The molecule has 0 aliphatic carbocycles. The van der Waals surface area contributed by atoms with Gasteiger partial charge >= 0.3 is 0 Å². The minimum atomic E-state index is -3.68. The van der Waals surface area contributed by atoms with E-state index < -0.39 is 10.0 Å². The van der Waals surface area contributed by atoms with Crippen molar-refractivity contribution in [3.63, 3.8) is 0 Å². The van der Waals surface area contributed by atoms with Crippen molar-refractivity contribution in [3.05, 3.63) is 54.1 Å². The molecule has 32 heavy (non-hydrogen) atoms. The van der Waals surface area contributed by atoms with Gasteiger partial charge in [-0.25, -0.2) is 8.42 Å². The molecule has 0 aromatic heterocycles. The number of hydrogen-bond donors (Lipinski definition) is 0. The SMILES string of the molecule is COc1ccc(N2CCCN(C(=O)c3ccccc3S(=O)(=O)N3CCCCC3)CC2)cc1. The van der Waals surface area contributed by atoms with E-state index in [4.69, 9.17) is 4.74 Å².